The lowest BCUT2D eigenvalue weighted by atomic mass is 9.95. The van der Waals surface area contributed by atoms with Crippen molar-refractivity contribution >= 4 is 11.9 Å². The number of benzene rings is 1. The summed E-state index contributed by atoms with van der Waals surface area (Å²) in [5.74, 6) is -0.00421. The van der Waals surface area contributed by atoms with Gasteiger partial charge in [0.2, 0.25) is 5.91 Å². The standard InChI is InChI=1S/C16H25N3O2/c1-5-12-6-8-13(9-7-12)15(11(2)3)18-10-14(20)19-16(21)17-4/h6-9,11,15,18H,5,10H2,1-4H3,(H2,17,19,20,21). The quantitative estimate of drug-likeness (QED) is 0.750. The van der Waals surface area contributed by atoms with Gasteiger partial charge in [0.05, 0.1) is 6.54 Å². The van der Waals surface area contributed by atoms with Crippen molar-refractivity contribution in [2.24, 2.45) is 5.92 Å². The minimum Gasteiger partial charge on any atom is -0.341 e. The molecule has 1 unspecified atom stereocenters. The number of rotatable bonds is 6. The summed E-state index contributed by atoms with van der Waals surface area (Å²) in [5, 5.41) is 7.80. The molecule has 116 valence electrons. The first-order valence-corrected chi connectivity index (χ1v) is 7.31. The van der Waals surface area contributed by atoms with E-state index in [4.69, 9.17) is 0 Å². The molecule has 5 heteroatoms. The molecule has 3 amide bonds. The summed E-state index contributed by atoms with van der Waals surface area (Å²) < 4.78 is 0. The molecule has 1 rings (SSSR count). The van der Waals surface area contributed by atoms with E-state index >= 15 is 0 Å². The molecule has 0 aliphatic carbocycles. The van der Waals surface area contributed by atoms with E-state index in [1.807, 2.05) is 0 Å². The average molecular weight is 291 g/mol. The second-order valence-electron chi connectivity index (χ2n) is 5.33. The highest BCUT2D eigenvalue weighted by molar-refractivity contribution is 5.95. The van der Waals surface area contributed by atoms with Crippen molar-refractivity contribution in [2.45, 2.75) is 33.2 Å². The first kappa shape index (κ1) is 17.2. The van der Waals surface area contributed by atoms with Crippen LogP contribution in [0.1, 0.15) is 37.9 Å². The van der Waals surface area contributed by atoms with Crippen LogP contribution >= 0.6 is 0 Å². The first-order chi connectivity index (χ1) is 9.97. The number of imide groups is 1. The second-order valence-corrected chi connectivity index (χ2v) is 5.33. The van der Waals surface area contributed by atoms with Gasteiger partial charge < -0.3 is 10.6 Å². The van der Waals surface area contributed by atoms with Crippen molar-refractivity contribution in [3.63, 3.8) is 0 Å². The molecule has 0 bridgehead atoms. The fourth-order valence-corrected chi connectivity index (χ4v) is 2.14. The Bertz CT molecular complexity index is 469. The molecule has 0 spiro atoms. The Morgan fingerprint density at radius 1 is 1.14 bits per heavy atom. The third-order valence-corrected chi connectivity index (χ3v) is 3.38. The van der Waals surface area contributed by atoms with E-state index in [1.165, 1.54) is 12.6 Å². The molecule has 0 saturated carbocycles. The fourth-order valence-electron chi connectivity index (χ4n) is 2.14. The van der Waals surface area contributed by atoms with Crippen molar-refractivity contribution in [1.82, 2.24) is 16.0 Å². The molecule has 1 atom stereocenters. The highest BCUT2D eigenvalue weighted by Crippen LogP contribution is 2.21. The van der Waals surface area contributed by atoms with Crippen LogP contribution in [0.5, 0.6) is 0 Å². The smallest absolute Gasteiger partial charge is 0.321 e. The molecule has 21 heavy (non-hydrogen) atoms. The van der Waals surface area contributed by atoms with E-state index in [1.54, 1.807) is 0 Å². The number of carbonyl (C=O) groups is 2. The SMILES string of the molecule is CCc1ccc(C(NCC(=O)NC(=O)NC)C(C)C)cc1. The zero-order chi connectivity index (χ0) is 15.8. The zero-order valence-electron chi connectivity index (χ0n) is 13.2. The summed E-state index contributed by atoms with van der Waals surface area (Å²) in [7, 11) is 1.47. The maximum absolute atomic E-state index is 11.6. The van der Waals surface area contributed by atoms with E-state index in [9.17, 15) is 9.59 Å². The van der Waals surface area contributed by atoms with Gasteiger partial charge >= 0.3 is 6.03 Å². The summed E-state index contributed by atoms with van der Waals surface area (Å²) in [5.41, 5.74) is 2.44. The fraction of sp³-hybridized carbons (Fsp3) is 0.500. The number of nitrogens with one attached hydrogen (secondary N) is 3. The lowest BCUT2D eigenvalue weighted by molar-refractivity contribution is -0.119. The molecular weight excluding hydrogens is 266 g/mol. The number of hydrogen-bond donors (Lipinski definition) is 3. The van der Waals surface area contributed by atoms with E-state index in [2.05, 4.69) is 61.0 Å². The van der Waals surface area contributed by atoms with Gasteiger partial charge in [-0.1, -0.05) is 45.0 Å². The molecule has 0 radical (unpaired) electrons. The van der Waals surface area contributed by atoms with Crippen LogP contribution < -0.4 is 16.0 Å². The van der Waals surface area contributed by atoms with Crippen molar-refractivity contribution < 1.29 is 9.59 Å². The zero-order valence-corrected chi connectivity index (χ0v) is 13.2. The van der Waals surface area contributed by atoms with Crippen molar-refractivity contribution in [3.8, 4) is 0 Å². The molecule has 5 nitrogen and oxygen atoms in total. The highest BCUT2D eigenvalue weighted by atomic mass is 16.2. The average Bonchev–Trinajstić information content (AvgIpc) is 2.47. The first-order valence-electron chi connectivity index (χ1n) is 7.31. The van der Waals surface area contributed by atoms with Gasteiger partial charge in [-0.15, -0.1) is 0 Å². The van der Waals surface area contributed by atoms with Gasteiger partial charge in [-0.25, -0.2) is 4.79 Å². The summed E-state index contributed by atoms with van der Waals surface area (Å²) in [6, 6.07) is 7.98. The van der Waals surface area contributed by atoms with Gasteiger partial charge in [0.1, 0.15) is 0 Å². The predicted octanol–water partition coefficient (Wildman–Crippen LogP) is 1.99. The molecule has 0 heterocycles. The van der Waals surface area contributed by atoms with Crippen LogP contribution in [0, 0.1) is 5.92 Å². The third-order valence-electron chi connectivity index (χ3n) is 3.38. The van der Waals surface area contributed by atoms with E-state index < -0.39 is 6.03 Å². The Morgan fingerprint density at radius 3 is 2.24 bits per heavy atom. The minimum absolute atomic E-state index is 0.0753. The monoisotopic (exact) mass is 291 g/mol. The maximum atomic E-state index is 11.6. The van der Waals surface area contributed by atoms with E-state index in [0.29, 0.717) is 5.92 Å². The molecule has 0 saturated heterocycles. The van der Waals surface area contributed by atoms with Gasteiger partial charge in [0.15, 0.2) is 0 Å². The number of urea groups is 1. The Labute approximate surface area is 126 Å². The van der Waals surface area contributed by atoms with Crippen LogP contribution in [0.3, 0.4) is 0 Å². The Hall–Kier alpha value is -1.88. The van der Waals surface area contributed by atoms with Crippen LogP contribution in [0.25, 0.3) is 0 Å². The lowest BCUT2D eigenvalue weighted by Crippen LogP contribution is -2.43. The topological polar surface area (TPSA) is 70.2 Å². The van der Waals surface area contributed by atoms with Gasteiger partial charge in [0, 0.05) is 13.1 Å². The number of aryl methyl sites for hydroxylation is 1. The Balaban J connectivity index is 2.65. The summed E-state index contributed by atoms with van der Waals surface area (Å²) >= 11 is 0. The molecular formula is C16H25N3O2. The third kappa shape index (κ3) is 5.55. The van der Waals surface area contributed by atoms with Gasteiger partial charge in [0.25, 0.3) is 0 Å². The highest BCUT2D eigenvalue weighted by Gasteiger charge is 2.17. The number of hydrogen-bond acceptors (Lipinski definition) is 3. The molecule has 1 aromatic carbocycles. The normalized spacial score (nSPS) is 12.0. The van der Waals surface area contributed by atoms with Crippen LogP contribution in [-0.2, 0) is 11.2 Å². The maximum Gasteiger partial charge on any atom is 0.321 e. The van der Waals surface area contributed by atoms with Gasteiger partial charge in [-0.2, -0.15) is 0 Å². The largest absolute Gasteiger partial charge is 0.341 e. The lowest BCUT2D eigenvalue weighted by Gasteiger charge is -2.23. The van der Waals surface area contributed by atoms with Crippen LogP contribution in [0.4, 0.5) is 4.79 Å². The van der Waals surface area contributed by atoms with Crippen LogP contribution in [-0.4, -0.2) is 25.5 Å². The Morgan fingerprint density at radius 2 is 1.76 bits per heavy atom. The summed E-state index contributed by atoms with van der Waals surface area (Å²) in [4.78, 5) is 22.7. The molecule has 0 fully saturated rings. The van der Waals surface area contributed by atoms with Crippen molar-refractivity contribution in [1.29, 1.82) is 0 Å². The number of carbonyl (C=O) groups excluding carboxylic acids is 2. The van der Waals surface area contributed by atoms with E-state index in [0.717, 1.165) is 12.0 Å². The molecule has 0 aromatic heterocycles. The summed E-state index contributed by atoms with van der Waals surface area (Å²) in [6.07, 6.45) is 1.01. The van der Waals surface area contributed by atoms with Gasteiger partial charge in [-0.05, 0) is 23.5 Å². The van der Waals surface area contributed by atoms with Crippen LogP contribution in [0.15, 0.2) is 24.3 Å². The van der Waals surface area contributed by atoms with Crippen molar-refractivity contribution in [2.75, 3.05) is 13.6 Å². The molecule has 0 aliphatic rings. The van der Waals surface area contributed by atoms with Crippen LogP contribution in [0.2, 0.25) is 0 Å². The predicted molar refractivity (Wildman–Crippen MR) is 84.0 cm³/mol. The molecule has 0 aliphatic heterocycles. The van der Waals surface area contributed by atoms with Gasteiger partial charge in [-0.3, -0.25) is 10.1 Å². The molecule has 1 aromatic rings. The van der Waals surface area contributed by atoms with E-state index in [-0.39, 0.29) is 18.5 Å². The minimum atomic E-state index is -0.491. The molecule has 3 N–H and O–H groups in total. The Kier molecular flexibility index (Phi) is 6.88. The second kappa shape index (κ2) is 8.42. The summed E-state index contributed by atoms with van der Waals surface area (Å²) in [6.45, 7) is 6.42. The number of amides is 3. The van der Waals surface area contributed by atoms with Crippen molar-refractivity contribution in [3.05, 3.63) is 35.4 Å².